The van der Waals surface area contributed by atoms with E-state index in [1.165, 1.54) is 21.8 Å². The molecule has 1 aliphatic heterocycles. The number of anilines is 1. The molecule has 4 aromatic rings. The van der Waals surface area contributed by atoms with Gasteiger partial charge in [-0.05, 0) is 73.0 Å². The third-order valence-corrected chi connectivity index (χ3v) is 7.67. The van der Waals surface area contributed by atoms with Crippen LogP contribution in [0.25, 0.3) is 16.0 Å². The monoisotopic (exact) mass is 562 g/mol. The van der Waals surface area contributed by atoms with Crippen molar-refractivity contribution in [2.45, 2.75) is 26.3 Å². The van der Waals surface area contributed by atoms with Crippen molar-refractivity contribution in [3.63, 3.8) is 0 Å². The summed E-state index contributed by atoms with van der Waals surface area (Å²) in [5, 5.41) is 11.7. The molecule has 1 aromatic heterocycles. The molecule has 1 N–H and O–H groups in total. The Kier molecular flexibility index (Phi) is 6.64. The topological polar surface area (TPSA) is 79.7 Å². The molecule has 0 spiro atoms. The Balaban J connectivity index is 1.67. The lowest BCUT2D eigenvalue weighted by atomic mass is 9.95. The van der Waals surface area contributed by atoms with Crippen molar-refractivity contribution < 1.29 is 19.4 Å². The molecule has 0 saturated carbocycles. The zero-order chi connectivity index (χ0) is 25.4. The van der Waals surface area contributed by atoms with Gasteiger partial charge >= 0.3 is 5.91 Å². The third kappa shape index (κ3) is 4.31. The minimum Gasteiger partial charge on any atom is -0.507 e. The molecule has 182 valence electrons. The summed E-state index contributed by atoms with van der Waals surface area (Å²) >= 11 is 4.80. The van der Waals surface area contributed by atoms with E-state index in [0.29, 0.717) is 28.6 Å². The summed E-state index contributed by atoms with van der Waals surface area (Å²) in [6.45, 7) is 4.48. The molecule has 3 aromatic carbocycles. The van der Waals surface area contributed by atoms with Gasteiger partial charge in [-0.25, -0.2) is 4.98 Å². The zero-order valence-electron chi connectivity index (χ0n) is 19.7. The molecular formula is C28H23BrN2O4S. The van der Waals surface area contributed by atoms with E-state index in [0.717, 1.165) is 21.1 Å². The predicted octanol–water partition coefficient (Wildman–Crippen LogP) is 6.65. The number of rotatable bonds is 6. The van der Waals surface area contributed by atoms with Gasteiger partial charge in [0.2, 0.25) is 0 Å². The molecule has 1 atom stereocenters. The largest absolute Gasteiger partial charge is 0.507 e. The van der Waals surface area contributed by atoms with Gasteiger partial charge < -0.3 is 9.84 Å². The van der Waals surface area contributed by atoms with Crippen LogP contribution in [0.1, 0.15) is 36.6 Å². The maximum absolute atomic E-state index is 13.4. The first kappa shape index (κ1) is 24.2. The number of thiazole rings is 1. The number of benzene rings is 3. The van der Waals surface area contributed by atoms with Crippen molar-refractivity contribution in [2.75, 3.05) is 11.5 Å². The summed E-state index contributed by atoms with van der Waals surface area (Å²) in [5.41, 5.74) is 3.07. The number of ether oxygens (including phenoxy) is 1. The van der Waals surface area contributed by atoms with Gasteiger partial charge in [-0.3, -0.25) is 14.5 Å². The molecule has 2 heterocycles. The Bertz CT molecular complexity index is 1490. The van der Waals surface area contributed by atoms with Crippen LogP contribution in [0, 0.1) is 0 Å². The van der Waals surface area contributed by atoms with Gasteiger partial charge in [0.15, 0.2) is 5.13 Å². The molecule has 8 heteroatoms. The average Bonchev–Trinajstić information content (AvgIpc) is 3.42. The molecule has 1 fully saturated rings. The van der Waals surface area contributed by atoms with Crippen LogP contribution in [-0.4, -0.2) is 28.4 Å². The molecule has 0 aliphatic carbocycles. The molecule has 1 saturated heterocycles. The van der Waals surface area contributed by atoms with Crippen LogP contribution in [-0.2, 0) is 16.0 Å². The minimum atomic E-state index is -0.823. The standard InChI is InChI=1S/C28H23BrN2O4S/c1-3-16-5-14-21-22(15-16)36-28(30-21)31-24(17-6-10-19(29)11-7-17)23(26(33)27(31)34)25(32)18-8-12-20(13-9-18)35-4-2/h5-15,24,32H,3-4H2,1-2H3/b25-23+/t24-/m0/s1. The third-order valence-electron chi connectivity index (χ3n) is 6.12. The maximum Gasteiger partial charge on any atom is 0.301 e. The number of hydrogen-bond acceptors (Lipinski definition) is 6. The second kappa shape index (κ2) is 9.87. The lowest BCUT2D eigenvalue weighted by Gasteiger charge is -2.23. The average molecular weight is 563 g/mol. The van der Waals surface area contributed by atoms with E-state index in [9.17, 15) is 14.7 Å². The Morgan fingerprint density at radius 3 is 2.44 bits per heavy atom. The van der Waals surface area contributed by atoms with Gasteiger partial charge in [-0.2, -0.15) is 0 Å². The van der Waals surface area contributed by atoms with E-state index < -0.39 is 17.7 Å². The van der Waals surface area contributed by atoms with E-state index in [2.05, 4.69) is 33.9 Å². The number of fused-ring (bicyclic) bond motifs is 1. The number of ketones is 1. The van der Waals surface area contributed by atoms with Crippen LogP contribution in [0.2, 0.25) is 0 Å². The number of amides is 1. The van der Waals surface area contributed by atoms with Gasteiger partial charge in [0.05, 0.1) is 28.4 Å². The highest BCUT2D eigenvalue weighted by Gasteiger charge is 2.48. The van der Waals surface area contributed by atoms with Crippen LogP contribution < -0.4 is 9.64 Å². The van der Waals surface area contributed by atoms with E-state index in [1.54, 1.807) is 24.3 Å². The maximum atomic E-state index is 13.4. The van der Waals surface area contributed by atoms with Crippen LogP contribution >= 0.6 is 27.3 Å². The number of aryl methyl sites for hydroxylation is 1. The molecule has 1 aliphatic rings. The Morgan fingerprint density at radius 1 is 1.06 bits per heavy atom. The molecular weight excluding hydrogens is 540 g/mol. The highest BCUT2D eigenvalue weighted by molar-refractivity contribution is 9.10. The Hall–Kier alpha value is -3.49. The second-order valence-electron chi connectivity index (χ2n) is 8.33. The summed E-state index contributed by atoms with van der Waals surface area (Å²) < 4.78 is 7.29. The van der Waals surface area contributed by atoms with Crippen LogP contribution in [0.15, 0.2) is 76.8 Å². The SMILES string of the molecule is CCOc1ccc(/C(O)=C2\C(=O)C(=O)N(c3nc4ccc(CC)cc4s3)[C@H]2c2ccc(Br)cc2)cc1. The van der Waals surface area contributed by atoms with Gasteiger partial charge in [0, 0.05) is 10.0 Å². The van der Waals surface area contributed by atoms with Gasteiger partial charge in [-0.1, -0.05) is 52.4 Å². The number of aliphatic hydroxyl groups excluding tert-OH is 1. The summed E-state index contributed by atoms with van der Waals surface area (Å²) in [5.74, 6) is -1.05. The van der Waals surface area contributed by atoms with E-state index in [-0.39, 0.29) is 11.3 Å². The smallest absolute Gasteiger partial charge is 0.301 e. The van der Waals surface area contributed by atoms with Gasteiger partial charge in [0.25, 0.3) is 5.78 Å². The van der Waals surface area contributed by atoms with Crippen LogP contribution in [0.4, 0.5) is 5.13 Å². The number of nitrogens with zero attached hydrogens (tertiary/aromatic N) is 2. The van der Waals surface area contributed by atoms with Crippen molar-refractivity contribution in [2.24, 2.45) is 0 Å². The van der Waals surface area contributed by atoms with E-state index in [4.69, 9.17) is 4.74 Å². The first-order chi connectivity index (χ1) is 17.4. The summed E-state index contributed by atoms with van der Waals surface area (Å²) in [6.07, 6.45) is 0.884. The number of halogens is 1. The fourth-order valence-corrected chi connectivity index (χ4v) is 5.62. The molecule has 1 amide bonds. The fourth-order valence-electron chi connectivity index (χ4n) is 4.30. The Morgan fingerprint density at radius 2 is 1.78 bits per heavy atom. The molecule has 0 bridgehead atoms. The molecule has 6 nitrogen and oxygen atoms in total. The van der Waals surface area contributed by atoms with Crippen LogP contribution in [0.3, 0.4) is 0 Å². The highest BCUT2D eigenvalue weighted by Crippen LogP contribution is 2.44. The van der Waals surface area contributed by atoms with Gasteiger partial charge in [-0.15, -0.1) is 0 Å². The molecule has 36 heavy (non-hydrogen) atoms. The number of aromatic nitrogens is 1. The first-order valence-electron chi connectivity index (χ1n) is 11.6. The summed E-state index contributed by atoms with van der Waals surface area (Å²) in [7, 11) is 0. The van der Waals surface area contributed by atoms with Crippen molar-refractivity contribution in [3.05, 3.63) is 93.5 Å². The highest BCUT2D eigenvalue weighted by atomic mass is 79.9. The minimum absolute atomic E-state index is 0.0278. The summed E-state index contributed by atoms with van der Waals surface area (Å²) in [6, 6.07) is 19.3. The Labute approximate surface area is 221 Å². The normalized spacial score (nSPS) is 17.2. The number of hydrogen-bond donors (Lipinski definition) is 1. The zero-order valence-corrected chi connectivity index (χ0v) is 22.1. The summed E-state index contributed by atoms with van der Waals surface area (Å²) in [4.78, 5) is 32.9. The number of carbonyl (C=O) groups is 2. The molecule has 5 rings (SSSR count). The molecule has 0 unspecified atom stereocenters. The quantitative estimate of drug-likeness (QED) is 0.162. The fraction of sp³-hybridized carbons (Fsp3) is 0.179. The van der Waals surface area contributed by atoms with Crippen molar-refractivity contribution >= 4 is 60.1 Å². The van der Waals surface area contributed by atoms with Crippen molar-refractivity contribution in [1.29, 1.82) is 0 Å². The van der Waals surface area contributed by atoms with E-state index in [1.807, 2.05) is 43.3 Å². The number of aliphatic hydroxyl groups is 1. The van der Waals surface area contributed by atoms with Crippen molar-refractivity contribution in [3.8, 4) is 5.75 Å². The lowest BCUT2D eigenvalue weighted by molar-refractivity contribution is -0.132. The van der Waals surface area contributed by atoms with Gasteiger partial charge in [0.1, 0.15) is 11.5 Å². The second-order valence-corrected chi connectivity index (χ2v) is 10.3. The first-order valence-corrected chi connectivity index (χ1v) is 13.2. The molecule has 0 radical (unpaired) electrons. The lowest BCUT2D eigenvalue weighted by Crippen LogP contribution is -2.29. The van der Waals surface area contributed by atoms with E-state index >= 15 is 0 Å². The van der Waals surface area contributed by atoms with Crippen LogP contribution in [0.5, 0.6) is 5.75 Å². The predicted molar refractivity (Wildman–Crippen MR) is 146 cm³/mol. The number of Topliss-reactive ketones (excluding diaryl/α,β-unsaturated/α-hetero) is 1. The number of carbonyl (C=O) groups excluding carboxylic acids is 2. The van der Waals surface area contributed by atoms with Crippen molar-refractivity contribution in [1.82, 2.24) is 4.98 Å².